The maximum atomic E-state index is 13.9. The van der Waals surface area contributed by atoms with E-state index in [1.807, 2.05) is 0 Å². The number of carbonyl (C=O) groups excluding carboxylic acids is 1. The van der Waals surface area contributed by atoms with Gasteiger partial charge in [0.15, 0.2) is 17.6 Å². The van der Waals surface area contributed by atoms with Crippen LogP contribution < -0.4 is 14.8 Å². The average molecular weight is 393 g/mol. The Morgan fingerprint density at radius 2 is 1.78 bits per heavy atom. The number of hydrogen-bond acceptors (Lipinski definition) is 5. The van der Waals surface area contributed by atoms with Crippen LogP contribution in [0.2, 0.25) is 0 Å². The highest BCUT2D eigenvalue weighted by Crippen LogP contribution is 2.27. The van der Waals surface area contributed by atoms with Crippen molar-refractivity contribution >= 4 is 23.6 Å². The number of carboxylic acid groups (broad SMARTS) is 1. The third kappa shape index (κ3) is 5.37. The molecule has 2 aromatic rings. The summed E-state index contributed by atoms with van der Waals surface area (Å²) in [6.07, 6.45) is 0. The summed E-state index contributed by atoms with van der Waals surface area (Å²) < 4.78 is 23.8. The third-order valence-corrected chi connectivity index (χ3v) is 4.90. The Kier molecular flexibility index (Phi) is 7.06. The van der Waals surface area contributed by atoms with Gasteiger partial charge in [-0.15, -0.1) is 11.8 Å². The molecule has 2 unspecified atom stereocenters. The number of carboxylic acids is 1. The van der Waals surface area contributed by atoms with Crippen LogP contribution in [0.3, 0.4) is 0 Å². The Balaban J connectivity index is 2.09. The van der Waals surface area contributed by atoms with Gasteiger partial charge in [0.2, 0.25) is 5.91 Å². The molecule has 2 atom stereocenters. The lowest BCUT2D eigenvalue weighted by Crippen LogP contribution is -2.38. The fourth-order valence-corrected chi connectivity index (χ4v) is 3.20. The van der Waals surface area contributed by atoms with Crippen LogP contribution >= 0.6 is 11.8 Å². The quantitative estimate of drug-likeness (QED) is 0.670. The number of methoxy groups -OCH3 is 2. The summed E-state index contributed by atoms with van der Waals surface area (Å²) in [6, 6.07) is 9.56. The highest BCUT2D eigenvalue weighted by Gasteiger charge is 2.26. The van der Waals surface area contributed by atoms with E-state index in [1.54, 1.807) is 38.3 Å². The van der Waals surface area contributed by atoms with Crippen LogP contribution in [0, 0.1) is 5.82 Å². The van der Waals surface area contributed by atoms with Crippen LogP contribution in [0.4, 0.5) is 4.39 Å². The zero-order chi connectivity index (χ0) is 20.0. The summed E-state index contributed by atoms with van der Waals surface area (Å²) >= 11 is 1.27. The van der Waals surface area contributed by atoms with Crippen LogP contribution in [0.5, 0.6) is 11.5 Å². The minimum atomic E-state index is -1.36. The van der Waals surface area contributed by atoms with E-state index < -0.39 is 29.0 Å². The van der Waals surface area contributed by atoms with E-state index in [0.29, 0.717) is 5.75 Å². The van der Waals surface area contributed by atoms with Crippen LogP contribution in [0.25, 0.3) is 0 Å². The monoisotopic (exact) mass is 393 g/mol. The van der Waals surface area contributed by atoms with Gasteiger partial charge in [-0.2, -0.15) is 0 Å². The molecule has 8 heteroatoms. The molecule has 0 fully saturated rings. The van der Waals surface area contributed by atoms with Crippen molar-refractivity contribution in [3.63, 3.8) is 0 Å². The van der Waals surface area contributed by atoms with Gasteiger partial charge in [0.1, 0.15) is 5.75 Å². The Morgan fingerprint density at radius 1 is 1.11 bits per heavy atom. The van der Waals surface area contributed by atoms with E-state index in [0.717, 1.165) is 11.0 Å². The third-order valence-electron chi connectivity index (χ3n) is 3.78. The number of hydrogen-bond donors (Lipinski definition) is 2. The molecule has 0 aliphatic rings. The normalized spacial score (nSPS) is 12.7. The molecule has 6 nitrogen and oxygen atoms in total. The maximum absolute atomic E-state index is 13.9. The number of halogens is 1. The highest BCUT2D eigenvalue weighted by atomic mass is 32.2. The van der Waals surface area contributed by atoms with E-state index in [1.165, 1.54) is 31.0 Å². The van der Waals surface area contributed by atoms with E-state index in [9.17, 15) is 19.1 Å². The Bertz CT molecular complexity index is 812. The molecule has 2 rings (SSSR count). The summed E-state index contributed by atoms with van der Waals surface area (Å²) in [4.78, 5) is 24.8. The molecule has 27 heavy (non-hydrogen) atoms. The number of amides is 1. The van der Waals surface area contributed by atoms with Crippen LogP contribution in [0.1, 0.15) is 18.5 Å². The van der Waals surface area contributed by atoms with Crippen LogP contribution in [-0.2, 0) is 9.59 Å². The maximum Gasteiger partial charge on any atom is 0.330 e. The standard InChI is InChI=1S/C19H20FNO5S/c1-11(27-14-7-5-13(25-2)6-8-14)18(22)21-17(19(23)24)12-4-9-16(26-3)15(20)10-12/h4-11,17H,1-3H3,(H,21,22)(H,23,24). The van der Waals surface area contributed by atoms with Crippen molar-refractivity contribution in [3.05, 3.63) is 53.8 Å². The van der Waals surface area contributed by atoms with Gasteiger partial charge >= 0.3 is 5.97 Å². The molecule has 0 aliphatic heterocycles. The lowest BCUT2D eigenvalue weighted by atomic mass is 10.1. The fraction of sp³-hybridized carbons (Fsp3) is 0.263. The smallest absolute Gasteiger partial charge is 0.330 e. The first-order valence-electron chi connectivity index (χ1n) is 8.03. The van der Waals surface area contributed by atoms with Gasteiger partial charge in [0.05, 0.1) is 19.5 Å². The van der Waals surface area contributed by atoms with Gasteiger partial charge in [-0.25, -0.2) is 9.18 Å². The number of nitrogens with one attached hydrogen (secondary N) is 1. The number of benzene rings is 2. The van der Waals surface area contributed by atoms with Gasteiger partial charge in [-0.1, -0.05) is 6.07 Å². The van der Waals surface area contributed by atoms with E-state index in [4.69, 9.17) is 9.47 Å². The van der Waals surface area contributed by atoms with E-state index in [2.05, 4.69) is 5.32 Å². The largest absolute Gasteiger partial charge is 0.497 e. The zero-order valence-corrected chi connectivity index (χ0v) is 15.9. The molecule has 0 heterocycles. The van der Waals surface area contributed by atoms with Gasteiger partial charge in [0, 0.05) is 4.90 Å². The highest BCUT2D eigenvalue weighted by molar-refractivity contribution is 8.00. The van der Waals surface area contributed by atoms with E-state index in [-0.39, 0.29) is 11.3 Å². The number of carbonyl (C=O) groups is 2. The molecule has 144 valence electrons. The summed E-state index contributed by atoms with van der Waals surface area (Å²) in [5, 5.41) is 11.3. The molecule has 0 spiro atoms. The molecule has 0 aromatic heterocycles. The molecule has 2 aromatic carbocycles. The van der Waals surface area contributed by atoms with Crippen molar-refractivity contribution in [2.75, 3.05) is 14.2 Å². The minimum Gasteiger partial charge on any atom is -0.497 e. The van der Waals surface area contributed by atoms with E-state index >= 15 is 0 Å². The molecule has 1 amide bonds. The Labute approximate surface area is 160 Å². The van der Waals surface area contributed by atoms with Gasteiger partial charge < -0.3 is 19.9 Å². The Morgan fingerprint density at radius 3 is 2.30 bits per heavy atom. The van der Waals surface area contributed by atoms with Crippen molar-refractivity contribution < 1.29 is 28.6 Å². The lowest BCUT2D eigenvalue weighted by Gasteiger charge is -2.18. The van der Waals surface area contributed by atoms with Gasteiger partial charge in [-0.3, -0.25) is 4.79 Å². The number of rotatable bonds is 8. The van der Waals surface area contributed by atoms with Crippen molar-refractivity contribution in [3.8, 4) is 11.5 Å². The second kappa shape index (κ2) is 9.27. The molecule has 2 N–H and O–H groups in total. The predicted octanol–water partition coefficient (Wildman–Crippen LogP) is 3.27. The lowest BCUT2D eigenvalue weighted by molar-refractivity contribution is -0.141. The topological polar surface area (TPSA) is 84.9 Å². The van der Waals surface area contributed by atoms with Crippen LogP contribution in [-0.4, -0.2) is 36.5 Å². The minimum absolute atomic E-state index is 0.00218. The first kappa shape index (κ1) is 20.6. The summed E-state index contributed by atoms with van der Waals surface area (Å²) in [5.41, 5.74) is 0.121. The van der Waals surface area contributed by atoms with Crippen molar-refractivity contribution in [2.45, 2.75) is 23.1 Å². The molecule has 0 saturated carbocycles. The number of ether oxygens (including phenoxy) is 2. The first-order chi connectivity index (χ1) is 12.8. The molecule has 0 radical (unpaired) electrons. The Hall–Kier alpha value is -2.74. The summed E-state index contributed by atoms with van der Waals surface area (Å²) in [6.45, 7) is 1.66. The molecular formula is C19H20FNO5S. The van der Waals surface area contributed by atoms with Crippen molar-refractivity contribution in [1.82, 2.24) is 5.32 Å². The van der Waals surface area contributed by atoms with Gasteiger partial charge in [0.25, 0.3) is 0 Å². The van der Waals surface area contributed by atoms with Crippen molar-refractivity contribution in [2.24, 2.45) is 0 Å². The second-order valence-corrected chi connectivity index (χ2v) is 7.02. The van der Waals surface area contributed by atoms with Crippen molar-refractivity contribution in [1.29, 1.82) is 0 Å². The predicted molar refractivity (Wildman–Crippen MR) is 99.8 cm³/mol. The zero-order valence-electron chi connectivity index (χ0n) is 15.1. The molecule has 0 bridgehead atoms. The first-order valence-corrected chi connectivity index (χ1v) is 8.91. The van der Waals surface area contributed by atoms with Gasteiger partial charge in [-0.05, 0) is 48.9 Å². The SMILES string of the molecule is COc1ccc(SC(C)C(=O)NC(C(=O)O)c2ccc(OC)c(F)c2)cc1. The van der Waals surface area contributed by atoms with Crippen LogP contribution in [0.15, 0.2) is 47.4 Å². The molecular weight excluding hydrogens is 373 g/mol. The molecule has 0 aliphatic carbocycles. The second-order valence-electron chi connectivity index (χ2n) is 5.61. The number of aliphatic carboxylic acids is 1. The fourth-order valence-electron chi connectivity index (χ4n) is 2.32. The molecule has 0 saturated heterocycles. The summed E-state index contributed by atoms with van der Waals surface area (Å²) in [7, 11) is 2.87. The average Bonchev–Trinajstić information content (AvgIpc) is 2.66. The summed E-state index contributed by atoms with van der Waals surface area (Å²) in [5.74, 6) is -1.76. The number of thioether (sulfide) groups is 1.